The van der Waals surface area contributed by atoms with Gasteiger partial charge in [0.15, 0.2) is 6.61 Å². The van der Waals surface area contributed by atoms with Crippen LogP contribution in [0.3, 0.4) is 0 Å². The standard InChI is InChI=1S/C9H7F8N3O/c10-7(11,9(15,16)17)3-21-6-2-4(8(12,13)14)1-5(19-6)20-18/h1-2H,3,18H2,(H,19,20). The molecule has 1 rings (SSSR count). The molecule has 0 fully saturated rings. The predicted molar refractivity (Wildman–Crippen MR) is 53.5 cm³/mol. The molecule has 0 aliphatic carbocycles. The van der Waals surface area contributed by atoms with Gasteiger partial charge in [-0.15, -0.1) is 0 Å². The molecule has 12 heteroatoms. The lowest BCUT2D eigenvalue weighted by molar-refractivity contribution is -0.290. The number of hydrogen-bond donors (Lipinski definition) is 2. The Morgan fingerprint density at radius 1 is 1.05 bits per heavy atom. The first kappa shape index (κ1) is 17.2. The average molecular weight is 325 g/mol. The van der Waals surface area contributed by atoms with E-state index in [-0.39, 0.29) is 6.07 Å². The number of nitrogens with zero attached hydrogens (tertiary/aromatic N) is 1. The number of ether oxygens (including phenoxy) is 1. The number of alkyl halides is 8. The van der Waals surface area contributed by atoms with Gasteiger partial charge in [0.1, 0.15) is 5.82 Å². The van der Waals surface area contributed by atoms with E-state index in [1.165, 1.54) is 0 Å². The Balaban J connectivity index is 2.99. The van der Waals surface area contributed by atoms with Gasteiger partial charge in [-0.25, -0.2) is 5.84 Å². The summed E-state index contributed by atoms with van der Waals surface area (Å²) in [5.41, 5.74) is 0.327. The van der Waals surface area contributed by atoms with Gasteiger partial charge in [0.05, 0.1) is 5.56 Å². The van der Waals surface area contributed by atoms with Gasteiger partial charge in [0.25, 0.3) is 0 Å². The lowest BCUT2D eigenvalue weighted by atomic mass is 10.2. The second-order valence-corrected chi connectivity index (χ2v) is 3.71. The molecular weight excluding hydrogens is 318 g/mol. The molecule has 1 aromatic heterocycles. The summed E-state index contributed by atoms with van der Waals surface area (Å²) >= 11 is 0. The van der Waals surface area contributed by atoms with Crippen LogP contribution in [-0.4, -0.2) is 23.7 Å². The van der Waals surface area contributed by atoms with Crippen molar-refractivity contribution >= 4 is 5.82 Å². The Labute approximate surface area is 111 Å². The van der Waals surface area contributed by atoms with Crippen molar-refractivity contribution in [2.24, 2.45) is 5.84 Å². The van der Waals surface area contributed by atoms with Crippen LogP contribution in [0.15, 0.2) is 12.1 Å². The van der Waals surface area contributed by atoms with Crippen molar-refractivity contribution in [1.29, 1.82) is 0 Å². The molecule has 120 valence electrons. The number of hydrazine groups is 1. The van der Waals surface area contributed by atoms with Gasteiger partial charge < -0.3 is 10.2 Å². The van der Waals surface area contributed by atoms with Gasteiger partial charge >= 0.3 is 18.3 Å². The molecule has 0 spiro atoms. The second kappa shape index (κ2) is 5.50. The van der Waals surface area contributed by atoms with E-state index in [4.69, 9.17) is 5.84 Å². The molecule has 0 atom stereocenters. The van der Waals surface area contributed by atoms with Crippen molar-refractivity contribution in [3.8, 4) is 5.88 Å². The largest absolute Gasteiger partial charge is 0.471 e. The third kappa shape index (κ3) is 4.31. The van der Waals surface area contributed by atoms with E-state index in [1.807, 2.05) is 0 Å². The molecule has 0 unspecified atom stereocenters. The van der Waals surface area contributed by atoms with Crippen LogP contribution < -0.4 is 16.0 Å². The molecule has 0 radical (unpaired) electrons. The number of nitrogens with two attached hydrogens (primary N) is 1. The van der Waals surface area contributed by atoms with Crippen LogP contribution in [0.1, 0.15) is 5.56 Å². The number of anilines is 1. The van der Waals surface area contributed by atoms with E-state index in [2.05, 4.69) is 9.72 Å². The molecule has 3 N–H and O–H groups in total. The molecule has 0 aromatic carbocycles. The van der Waals surface area contributed by atoms with Crippen LogP contribution in [0.2, 0.25) is 0 Å². The molecule has 21 heavy (non-hydrogen) atoms. The molecular formula is C9H7F8N3O. The smallest absolute Gasteiger partial charge is 0.456 e. The maximum absolute atomic E-state index is 12.6. The zero-order valence-corrected chi connectivity index (χ0v) is 9.82. The Bertz CT molecular complexity index is 499. The van der Waals surface area contributed by atoms with E-state index in [0.717, 1.165) is 0 Å². The fourth-order valence-corrected chi connectivity index (χ4v) is 1.06. The first-order chi connectivity index (χ1) is 9.37. The number of aromatic nitrogens is 1. The van der Waals surface area contributed by atoms with Crippen LogP contribution in [0.25, 0.3) is 0 Å². The number of rotatable bonds is 4. The van der Waals surface area contributed by atoms with Gasteiger partial charge in [-0.05, 0) is 6.07 Å². The van der Waals surface area contributed by atoms with Gasteiger partial charge in [-0.3, -0.25) is 0 Å². The van der Waals surface area contributed by atoms with E-state index in [1.54, 1.807) is 5.43 Å². The summed E-state index contributed by atoms with van der Waals surface area (Å²) in [5.74, 6) is -2.12. The Hall–Kier alpha value is -1.85. The van der Waals surface area contributed by atoms with Gasteiger partial charge in [-0.2, -0.15) is 40.1 Å². The Kier molecular flexibility index (Phi) is 4.51. The zero-order valence-electron chi connectivity index (χ0n) is 9.82. The van der Waals surface area contributed by atoms with Crippen LogP contribution in [-0.2, 0) is 6.18 Å². The molecule has 1 aromatic rings. The highest BCUT2D eigenvalue weighted by atomic mass is 19.4. The fraction of sp³-hybridized carbons (Fsp3) is 0.444. The molecule has 0 bridgehead atoms. The maximum atomic E-state index is 12.6. The summed E-state index contributed by atoms with van der Waals surface area (Å²) in [7, 11) is 0. The summed E-state index contributed by atoms with van der Waals surface area (Å²) < 4.78 is 102. The summed E-state index contributed by atoms with van der Waals surface area (Å²) in [5, 5.41) is 0. The third-order valence-corrected chi connectivity index (χ3v) is 2.09. The van der Waals surface area contributed by atoms with Crippen molar-refractivity contribution in [1.82, 2.24) is 4.98 Å². The highest BCUT2D eigenvalue weighted by molar-refractivity contribution is 5.41. The topological polar surface area (TPSA) is 60.2 Å². The van der Waals surface area contributed by atoms with E-state index >= 15 is 0 Å². The van der Waals surface area contributed by atoms with Gasteiger partial charge in [0, 0.05) is 6.07 Å². The van der Waals surface area contributed by atoms with Crippen LogP contribution in [0, 0.1) is 0 Å². The Morgan fingerprint density at radius 3 is 2.05 bits per heavy atom. The second-order valence-electron chi connectivity index (χ2n) is 3.71. The summed E-state index contributed by atoms with van der Waals surface area (Å²) in [6, 6.07) is 0.599. The van der Waals surface area contributed by atoms with Crippen molar-refractivity contribution < 1.29 is 39.9 Å². The number of halogens is 8. The molecule has 0 aliphatic heterocycles. The van der Waals surface area contributed by atoms with Crippen LogP contribution in [0.5, 0.6) is 5.88 Å². The minimum Gasteiger partial charge on any atom is -0.471 e. The monoisotopic (exact) mass is 325 g/mol. The van der Waals surface area contributed by atoms with Crippen molar-refractivity contribution in [2.75, 3.05) is 12.0 Å². The third-order valence-electron chi connectivity index (χ3n) is 2.09. The summed E-state index contributed by atoms with van der Waals surface area (Å²) in [6.07, 6.45) is -10.8. The molecule has 0 saturated carbocycles. The van der Waals surface area contributed by atoms with E-state index in [0.29, 0.717) is 6.07 Å². The molecule has 0 saturated heterocycles. The normalized spacial score (nSPS) is 13.2. The van der Waals surface area contributed by atoms with Gasteiger partial charge in [-0.1, -0.05) is 0 Å². The molecule has 4 nitrogen and oxygen atoms in total. The quantitative estimate of drug-likeness (QED) is 0.508. The maximum Gasteiger partial charge on any atom is 0.456 e. The molecule has 1 heterocycles. The average Bonchev–Trinajstić information content (AvgIpc) is 2.33. The van der Waals surface area contributed by atoms with Crippen LogP contribution in [0.4, 0.5) is 40.9 Å². The van der Waals surface area contributed by atoms with Gasteiger partial charge in [0.2, 0.25) is 5.88 Å². The summed E-state index contributed by atoms with van der Waals surface area (Å²) in [6.45, 7) is -2.21. The minimum absolute atomic E-state index is 0.174. The summed E-state index contributed by atoms with van der Waals surface area (Å²) in [4.78, 5) is 3.19. The zero-order chi connectivity index (χ0) is 16.5. The molecule has 0 amide bonds. The van der Waals surface area contributed by atoms with Crippen molar-refractivity contribution in [2.45, 2.75) is 18.3 Å². The lowest BCUT2D eigenvalue weighted by Crippen LogP contribution is -2.41. The van der Waals surface area contributed by atoms with Crippen LogP contribution >= 0.6 is 0 Å². The Morgan fingerprint density at radius 2 is 1.62 bits per heavy atom. The number of pyridine rings is 1. The highest BCUT2D eigenvalue weighted by Crippen LogP contribution is 2.36. The fourth-order valence-electron chi connectivity index (χ4n) is 1.06. The van der Waals surface area contributed by atoms with Crippen molar-refractivity contribution in [3.63, 3.8) is 0 Å². The van der Waals surface area contributed by atoms with E-state index < -0.39 is 42.1 Å². The highest BCUT2D eigenvalue weighted by Gasteiger charge is 2.58. The lowest BCUT2D eigenvalue weighted by Gasteiger charge is -2.20. The first-order valence-electron chi connectivity index (χ1n) is 5.00. The predicted octanol–water partition coefficient (Wildman–Crippen LogP) is 2.96. The first-order valence-corrected chi connectivity index (χ1v) is 5.00. The number of nitrogen functional groups attached to an aromatic ring is 1. The number of hydrogen-bond acceptors (Lipinski definition) is 4. The number of nitrogens with one attached hydrogen (secondary N) is 1. The SMILES string of the molecule is NNc1cc(C(F)(F)F)cc(OCC(F)(F)C(F)(F)F)n1. The van der Waals surface area contributed by atoms with E-state index in [9.17, 15) is 35.1 Å². The molecule has 0 aliphatic rings. The minimum atomic E-state index is -5.90. The van der Waals surface area contributed by atoms with Crippen molar-refractivity contribution in [3.05, 3.63) is 17.7 Å².